The van der Waals surface area contributed by atoms with Gasteiger partial charge in [-0.05, 0) is 6.42 Å². The zero-order valence-electron chi connectivity index (χ0n) is 16.8. The van der Waals surface area contributed by atoms with Crippen LogP contribution >= 0.6 is 0 Å². The van der Waals surface area contributed by atoms with E-state index in [2.05, 4.69) is 6.92 Å². The highest BCUT2D eigenvalue weighted by Gasteiger charge is 2.40. The highest BCUT2D eigenvalue weighted by atomic mass is 16.6. The largest absolute Gasteiger partial charge is 0.394 e. The Hall–Kier alpha value is -0.200. The average Bonchev–Trinajstić information content (AvgIpc) is 2.98. The number of unbranched alkanes of at least 4 members (excludes halogenated alkanes) is 12. The smallest absolute Gasteiger partial charge is 0.114 e. The van der Waals surface area contributed by atoms with Crippen molar-refractivity contribution >= 4 is 0 Å². The van der Waals surface area contributed by atoms with Gasteiger partial charge in [0.2, 0.25) is 0 Å². The molecule has 1 rings (SSSR count). The summed E-state index contributed by atoms with van der Waals surface area (Å²) in [6, 6.07) is 0. The van der Waals surface area contributed by atoms with Gasteiger partial charge in [-0.3, -0.25) is 0 Å². The molecule has 0 unspecified atom stereocenters. The molecule has 3 N–H and O–H groups in total. The Morgan fingerprint density at radius 3 is 1.77 bits per heavy atom. The van der Waals surface area contributed by atoms with Crippen LogP contribution in [0.15, 0.2) is 0 Å². The van der Waals surface area contributed by atoms with E-state index in [0.29, 0.717) is 6.61 Å². The van der Waals surface area contributed by atoms with Gasteiger partial charge in [0.15, 0.2) is 0 Å². The molecule has 0 aliphatic carbocycles. The van der Waals surface area contributed by atoms with E-state index in [9.17, 15) is 15.3 Å². The minimum Gasteiger partial charge on any atom is -0.394 e. The zero-order valence-corrected chi connectivity index (χ0v) is 16.8. The highest BCUT2D eigenvalue weighted by Crippen LogP contribution is 2.20. The van der Waals surface area contributed by atoms with Crippen LogP contribution in [0.1, 0.15) is 90.4 Å². The molecule has 1 saturated heterocycles. The van der Waals surface area contributed by atoms with Crippen molar-refractivity contribution in [3.05, 3.63) is 0 Å². The Bertz CT molecular complexity index is 313. The highest BCUT2D eigenvalue weighted by molar-refractivity contribution is 4.88. The summed E-state index contributed by atoms with van der Waals surface area (Å²) < 4.78 is 11.0. The van der Waals surface area contributed by atoms with E-state index in [-0.39, 0.29) is 13.2 Å². The number of ether oxygens (including phenoxy) is 2. The lowest BCUT2D eigenvalue weighted by Gasteiger charge is -2.24. The standard InChI is InChI=1S/C21H42O5/c1-2-3-4-5-6-7-8-9-10-11-12-13-14-15-25-19(16-22)21-20(24)18(23)17-26-21/h18-24H,2-17H2,1H3/t18-,19+,20-,21-/m0/s1. The number of hydrogen-bond donors (Lipinski definition) is 3. The van der Waals surface area contributed by atoms with Gasteiger partial charge in [-0.1, -0.05) is 84.0 Å². The van der Waals surface area contributed by atoms with Gasteiger partial charge in [0.05, 0.1) is 13.2 Å². The number of aliphatic hydroxyl groups excluding tert-OH is 3. The molecular formula is C21H42O5. The average molecular weight is 375 g/mol. The minimum atomic E-state index is -0.973. The van der Waals surface area contributed by atoms with Crippen LogP contribution in [0.5, 0.6) is 0 Å². The molecule has 5 nitrogen and oxygen atoms in total. The number of aliphatic hydroxyl groups is 3. The van der Waals surface area contributed by atoms with Crippen LogP contribution in [0.2, 0.25) is 0 Å². The topological polar surface area (TPSA) is 79.2 Å². The van der Waals surface area contributed by atoms with Gasteiger partial charge in [-0.25, -0.2) is 0 Å². The number of rotatable bonds is 17. The van der Waals surface area contributed by atoms with Crippen LogP contribution in [0, 0.1) is 0 Å². The van der Waals surface area contributed by atoms with E-state index in [1.165, 1.54) is 70.6 Å². The van der Waals surface area contributed by atoms with Crippen LogP contribution in [0.3, 0.4) is 0 Å². The monoisotopic (exact) mass is 374 g/mol. The molecule has 1 fully saturated rings. The Kier molecular flexibility index (Phi) is 14.5. The first-order valence-corrected chi connectivity index (χ1v) is 10.9. The fourth-order valence-electron chi connectivity index (χ4n) is 3.56. The van der Waals surface area contributed by atoms with E-state index in [1.54, 1.807) is 0 Å². The van der Waals surface area contributed by atoms with Gasteiger partial charge in [0.1, 0.15) is 24.4 Å². The predicted molar refractivity (Wildman–Crippen MR) is 104 cm³/mol. The minimum absolute atomic E-state index is 0.102. The van der Waals surface area contributed by atoms with E-state index in [4.69, 9.17) is 9.47 Å². The third-order valence-corrected chi connectivity index (χ3v) is 5.32. The lowest BCUT2D eigenvalue weighted by molar-refractivity contribution is -0.101. The molecule has 0 aromatic heterocycles. The van der Waals surface area contributed by atoms with Gasteiger partial charge in [-0.15, -0.1) is 0 Å². The Morgan fingerprint density at radius 2 is 1.35 bits per heavy atom. The van der Waals surface area contributed by atoms with Gasteiger partial charge >= 0.3 is 0 Å². The van der Waals surface area contributed by atoms with Crippen LogP contribution in [-0.4, -0.2) is 59.6 Å². The van der Waals surface area contributed by atoms with Crippen molar-refractivity contribution in [1.82, 2.24) is 0 Å². The molecule has 1 aliphatic heterocycles. The second-order valence-corrected chi connectivity index (χ2v) is 7.69. The quantitative estimate of drug-likeness (QED) is 0.339. The lowest BCUT2D eigenvalue weighted by Crippen LogP contribution is -2.42. The summed E-state index contributed by atoms with van der Waals surface area (Å²) in [7, 11) is 0. The maximum atomic E-state index is 9.81. The Labute approximate surface area is 160 Å². The summed E-state index contributed by atoms with van der Waals surface area (Å²) in [6.45, 7) is 2.72. The second-order valence-electron chi connectivity index (χ2n) is 7.69. The van der Waals surface area contributed by atoms with Gasteiger partial charge < -0.3 is 24.8 Å². The van der Waals surface area contributed by atoms with Crippen LogP contribution < -0.4 is 0 Å². The molecular weight excluding hydrogens is 332 g/mol. The van der Waals surface area contributed by atoms with E-state index < -0.39 is 24.4 Å². The van der Waals surface area contributed by atoms with E-state index in [1.807, 2.05) is 0 Å². The lowest BCUT2D eigenvalue weighted by atomic mass is 10.0. The third-order valence-electron chi connectivity index (χ3n) is 5.32. The molecule has 0 spiro atoms. The van der Waals surface area contributed by atoms with Crippen molar-refractivity contribution in [2.45, 2.75) is 115 Å². The first-order chi connectivity index (χ1) is 12.7. The summed E-state index contributed by atoms with van der Waals surface area (Å²) in [6.07, 6.45) is 13.9. The molecule has 26 heavy (non-hydrogen) atoms. The summed E-state index contributed by atoms with van der Waals surface area (Å²) >= 11 is 0. The van der Waals surface area contributed by atoms with Crippen molar-refractivity contribution in [2.24, 2.45) is 0 Å². The van der Waals surface area contributed by atoms with Crippen molar-refractivity contribution in [2.75, 3.05) is 19.8 Å². The molecule has 0 aromatic rings. The maximum Gasteiger partial charge on any atom is 0.114 e. The molecule has 0 amide bonds. The van der Waals surface area contributed by atoms with Gasteiger partial charge in [-0.2, -0.15) is 0 Å². The molecule has 156 valence electrons. The van der Waals surface area contributed by atoms with Crippen molar-refractivity contribution < 1.29 is 24.8 Å². The van der Waals surface area contributed by atoms with Crippen LogP contribution in [0.25, 0.3) is 0 Å². The molecule has 0 saturated carbocycles. The first kappa shape index (κ1) is 23.8. The zero-order chi connectivity index (χ0) is 19.0. The molecule has 0 radical (unpaired) electrons. The first-order valence-electron chi connectivity index (χ1n) is 10.9. The fourth-order valence-corrected chi connectivity index (χ4v) is 3.56. The Balaban J connectivity index is 1.87. The van der Waals surface area contributed by atoms with Crippen molar-refractivity contribution in [1.29, 1.82) is 0 Å². The third kappa shape index (κ3) is 10.2. The van der Waals surface area contributed by atoms with Gasteiger partial charge in [0.25, 0.3) is 0 Å². The summed E-state index contributed by atoms with van der Waals surface area (Å²) in [5.74, 6) is 0. The fraction of sp³-hybridized carbons (Fsp3) is 1.00. The molecule has 1 aliphatic rings. The normalized spacial score (nSPS) is 24.2. The number of hydrogen-bond acceptors (Lipinski definition) is 5. The van der Waals surface area contributed by atoms with Crippen molar-refractivity contribution in [3.63, 3.8) is 0 Å². The molecule has 4 atom stereocenters. The molecule has 5 heteroatoms. The predicted octanol–water partition coefficient (Wildman–Crippen LogP) is 3.58. The van der Waals surface area contributed by atoms with E-state index in [0.717, 1.165) is 12.8 Å². The molecule has 0 bridgehead atoms. The van der Waals surface area contributed by atoms with E-state index >= 15 is 0 Å². The second kappa shape index (κ2) is 15.8. The summed E-state index contributed by atoms with van der Waals surface area (Å²) in [4.78, 5) is 0. The maximum absolute atomic E-state index is 9.81. The summed E-state index contributed by atoms with van der Waals surface area (Å²) in [5, 5.41) is 28.7. The Morgan fingerprint density at radius 1 is 0.846 bits per heavy atom. The SMILES string of the molecule is CCCCCCCCCCCCCCCO[C@H](CO)[C@@H]1OC[C@H](O)[C@@H]1O. The van der Waals surface area contributed by atoms with Gasteiger partial charge in [0, 0.05) is 6.61 Å². The van der Waals surface area contributed by atoms with Crippen LogP contribution in [0.4, 0.5) is 0 Å². The molecule has 0 aromatic carbocycles. The summed E-state index contributed by atoms with van der Waals surface area (Å²) in [5.41, 5.74) is 0. The van der Waals surface area contributed by atoms with Crippen LogP contribution in [-0.2, 0) is 9.47 Å². The van der Waals surface area contributed by atoms with Crippen molar-refractivity contribution in [3.8, 4) is 0 Å². The molecule has 1 heterocycles.